The number of nitrogens with zero attached hydrogens (tertiary/aromatic N) is 1. The second kappa shape index (κ2) is 8.08. The fraction of sp³-hybridized carbons (Fsp3) is 0.412. The molecule has 0 fully saturated rings. The van der Waals surface area contributed by atoms with Gasteiger partial charge in [0.05, 0.1) is 3.79 Å². The minimum absolute atomic E-state index is 0.522. The lowest BCUT2D eigenvalue weighted by molar-refractivity contribution is 0.319. The predicted molar refractivity (Wildman–Crippen MR) is 95.6 cm³/mol. The quantitative estimate of drug-likeness (QED) is 0.767. The molecule has 114 valence electrons. The predicted octanol–water partition coefficient (Wildman–Crippen LogP) is 4.64. The van der Waals surface area contributed by atoms with Gasteiger partial charge in [-0.2, -0.15) is 0 Å². The Hall–Kier alpha value is -0.680. The first-order chi connectivity index (χ1) is 10.0. The van der Waals surface area contributed by atoms with Crippen molar-refractivity contribution in [1.82, 2.24) is 10.2 Å². The van der Waals surface area contributed by atoms with Gasteiger partial charge in [0.1, 0.15) is 0 Å². The van der Waals surface area contributed by atoms with E-state index in [9.17, 15) is 0 Å². The van der Waals surface area contributed by atoms with Gasteiger partial charge in [-0.05, 0) is 51.1 Å². The Balaban J connectivity index is 1.91. The van der Waals surface area contributed by atoms with Crippen LogP contribution < -0.4 is 5.32 Å². The van der Waals surface area contributed by atoms with Crippen molar-refractivity contribution < 1.29 is 0 Å². The number of rotatable bonds is 7. The van der Waals surface area contributed by atoms with Crippen LogP contribution in [0.2, 0.25) is 0 Å². The Kier molecular flexibility index (Phi) is 6.42. The van der Waals surface area contributed by atoms with E-state index < -0.39 is 0 Å². The van der Waals surface area contributed by atoms with Gasteiger partial charge in [0.15, 0.2) is 0 Å². The molecule has 2 rings (SSSR count). The van der Waals surface area contributed by atoms with Crippen LogP contribution in [-0.4, -0.2) is 18.0 Å². The van der Waals surface area contributed by atoms with Crippen LogP contribution >= 0.6 is 27.3 Å². The third-order valence-electron chi connectivity index (χ3n) is 3.23. The summed E-state index contributed by atoms with van der Waals surface area (Å²) in [6, 6.07) is 11.6. The van der Waals surface area contributed by atoms with Crippen LogP contribution in [0.1, 0.15) is 30.5 Å². The standard InChI is InChI=1S/C17H23BrN2S/c1-13(2)19-9-14-5-4-6-15(7-14)10-20(3)11-16-8-17(18)21-12-16/h4-8,12-13,19H,9-11H2,1-3H3. The first-order valence-electron chi connectivity index (χ1n) is 7.25. The van der Waals surface area contributed by atoms with Gasteiger partial charge in [0.25, 0.3) is 0 Å². The molecule has 0 spiro atoms. The molecule has 0 amide bonds. The molecule has 4 heteroatoms. The van der Waals surface area contributed by atoms with Crippen LogP contribution in [0.4, 0.5) is 0 Å². The maximum atomic E-state index is 3.52. The van der Waals surface area contributed by atoms with E-state index in [1.165, 1.54) is 20.5 Å². The second-order valence-corrected chi connectivity index (χ2v) is 8.08. The van der Waals surface area contributed by atoms with Gasteiger partial charge in [-0.3, -0.25) is 4.90 Å². The molecule has 0 aliphatic carbocycles. The molecule has 1 N–H and O–H groups in total. The van der Waals surface area contributed by atoms with Crippen molar-refractivity contribution in [3.63, 3.8) is 0 Å². The fourth-order valence-electron chi connectivity index (χ4n) is 2.27. The van der Waals surface area contributed by atoms with E-state index in [1.54, 1.807) is 11.3 Å². The van der Waals surface area contributed by atoms with Crippen molar-refractivity contribution in [2.75, 3.05) is 7.05 Å². The Bertz CT molecular complexity index is 565. The second-order valence-electron chi connectivity index (χ2n) is 5.79. The van der Waals surface area contributed by atoms with Crippen LogP contribution in [0.15, 0.2) is 39.5 Å². The molecular formula is C17H23BrN2S. The third-order valence-corrected chi connectivity index (χ3v) is 4.79. The van der Waals surface area contributed by atoms with E-state index in [-0.39, 0.29) is 0 Å². The van der Waals surface area contributed by atoms with E-state index in [4.69, 9.17) is 0 Å². The number of halogens is 1. The topological polar surface area (TPSA) is 15.3 Å². The number of benzene rings is 1. The highest BCUT2D eigenvalue weighted by Crippen LogP contribution is 2.22. The molecule has 1 aromatic carbocycles. The number of nitrogens with one attached hydrogen (secondary N) is 1. The molecule has 2 aromatic rings. The molecule has 0 saturated heterocycles. The molecule has 0 bridgehead atoms. The average Bonchev–Trinajstić information content (AvgIpc) is 2.82. The minimum Gasteiger partial charge on any atom is -0.310 e. The highest BCUT2D eigenvalue weighted by molar-refractivity contribution is 9.11. The fourth-order valence-corrected chi connectivity index (χ4v) is 3.47. The molecule has 1 heterocycles. The lowest BCUT2D eigenvalue weighted by atomic mass is 10.1. The van der Waals surface area contributed by atoms with Gasteiger partial charge >= 0.3 is 0 Å². The molecule has 0 radical (unpaired) electrons. The third kappa shape index (κ3) is 5.91. The van der Waals surface area contributed by atoms with Crippen molar-refractivity contribution in [3.8, 4) is 0 Å². The van der Waals surface area contributed by atoms with Gasteiger partial charge in [-0.25, -0.2) is 0 Å². The minimum atomic E-state index is 0.522. The first kappa shape index (κ1) is 16.7. The molecule has 21 heavy (non-hydrogen) atoms. The number of hydrogen-bond donors (Lipinski definition) is 1. The Morgan fingerprint density at radius 1 is 1.14 bits per heavy atom. The summed E-state index contributed by atoms with van der Waals surface area (Å²) < 4.78 is 1.20. The van der Waals surface area contributed by atoms with Crippen molar-refractivity contribution in [3.05, 3.63) is 56.2 Å². The first-order valence-corrected chi connectivity index (χ1v) is 8.93. The summed E-state index contributed by atoms with van der Waals surface area (Å²) in [7, 11) is 2.17. The van der Waals surface area contributed by atoms with Crippen molar-refractivity contribution >= 4 is 27.3 Å². The lowest BCUT2D eigenvalue weighted by Crippen LogP contribution is -2.22. The molecule has 0 saturated carbocycles. The monoisotopic (exact) mass is 366 g/mol. The summed E-state index contributed by atoms with van der Waals surface area (Å²) >= 11 is 5.27. The lowest BCUT2D eigenvalue weighted by Gasteiger charge is -2.17. The normalized spacial score (nSPS) is 11.5. The van der Waals surface area contributed by atoms with Crippen molar-refractivity contribution in [1.29, 1.82) is 0 Å². The summed E-state index contributed by atoms with van der Waals surface area (Å²) in [5.41, 5.74) is 4.09. The van der Waals surface area contributed by atoms with Gasteiger partial charge in [0.2, 0.25) is 0 Å². The summed E-state index contributed by atoms with van der Waals surface area (Å²) in [4.78, 5) is 2.35. The van der Waals surface area contributed by atoms with Crippen LogP contribution in [0, 0.1) is 0 Å². The zero-order valence-electron chi connectivity index (χ0n) is 12.9. The van der Waals surface area contributed by atoms with Gasteiger partial charge in [-0.1, -0.05) is 38.1 Å². The highest BCUT2D eigenvalue weighted by Gasteiger charge is 2.05. The number of hydrogen-bond acceptors (Lipinski definition) is 3. The Labute approximate surface area is 140 Å². The molecule has 0 aliphatic rings. The largest absolute Gasteiger partial charge is 0.310 e. The average molecular weight is 367 g/mol. The summed E-state index contributed by atoms with van der Waals surface area (Å²) in [5.74, 6) is 0. The maximum absolute atomic E-state index is 3.52. The zero-order valence-corrected chi connectivity index (χ0v) is 15.3. The molecule has 0 atom stereocenters. The van der Waals surface area contributed by atoms with E-state index in [2.05, 4.69) is 82.8 Å². The smallest absolute Gasteiger partial charge is 0.0701 e. The van der Waals surface area contributed by atoms with E-state index >= 15 is 0 Å². The molecule has 1 aromatic heterocycles. The summed E-state index contributed by atoms with van der Waals surface area (Å²) in [5, 5.41) is 5.68. The van der Waals surface area contributed by atoms with E-state index in [0.29, 0.717) is 6.04 Å². The summed E-state index contributed by atoms with van der Waals surface area (Å²) in [6.07, 6.45) is 0. The van der Waals surface area contributed by atoms with Crippen LogP contribution in [-0.2, 0) is 19.6 Å². The molecule has 0 unspecified atom stereocenters. The van der Waals surface area contributed by atoms with Gasteiger partial charge < -0.3 is 5.32 Å². The van der Waals surface area contributed by atoms with E-state index in [0.717, 1.165) is 19.6 Å². The van der Waals surface area contributed by atoms with Crippen LogP contribution in [0.5, 0.6) is 0 Å². The van der Waals surface area contributed by atoms with Gasteiger partial charge in [-0.15, -0.1) is 11.3 Å². The zero-order chi connectivity index (χ0) is 15.2. The SMILES string of the molecule is CC(C)NCc1cccc(CN(C)Cc2csc(Br)c2)c1. The van der Waals surface area contributed by atoms with Crippen molar-refractivity contribution in [2.45, 2.75) is 39.5 Å². The van der Waals surface area contributed by atoms with Crippen molar-refractivity contribution in [2.24, 2.45) is 0 Å². The maximum Gasteiger partial charge on any atom is 0.0701 e. The van der Waals surface area contributed by atoms with Gasteiger partial charge in [0, 0.05) is 25.7 Å². The van der Waals surface area contributed by atoms with Crippen LogP contribution in [0.25, 0.3) is 0 Å². The highest BCUT2D eigenvalue weighted by atomic mass is 79.9. The molecule has 0 aliphatic heterocycles. The summed E-state index contributed by atoms with van der Waals surface area (Å²) in [6.45, 7) is 7.25. The van der Waals surface area contributed by atoms with Crippen LogP contribution in [0.3, 0.4) is 0 Å². The molecular weight excluding hydrogens is 344 g/mol. The molecule has 2 nitrogen and oxygen atoms in total. The Morgan fingerprint density at radius 3 is 2.52 bits per heavy atom. The number of thiophene rings is 1. The Morgan fingerprint density at radius 2 is 1.86 bits per heavy atom. The van der Waals surface area contributed by atoms with E-state index in [1.807, 2.05) is 0 Å².